The first-order chi connectivity index (χ1) is 11.6. The minimum absolute atomic E-state index is 0.105. The number of rotatable bonds is 5. The quantitative estimate of drug-likeness (QED) is 0.756. The van der Waals surface area contributed by atoms with Crippen LogP contribution in [0.5, 0.6) is 0 Å². The van der Waals surface area contributed by atoms with Crippen LogP contribution in [0.1, 0.15) is 15.9 Å². The van der Waals surface area contributed by atoms with Gasteiger partial charge < -0.3 is 15.2 Å². The van der Waals surface area contributed by atoms with Crippen LogP contribution in [0.3, 0.4) is 0 Å². The van der Waals surface area contributed by atoms with Crippen LogP contribution in [0.15, 0.2) is 48.7 Å². The van der Waals surface area contributed by atoms with Crippen molar-refractivity contribution in [2.45, 2.75) is 6.42 Å². The topological polar surface area (TPSA) is 48.1 Å². The molecule has 5 heteroatoms. The summed E-state index contributed by atoms with van der Waals surface area (Å²) in [5.74, 6) is -0.366. The Hall–Kier alpha value is -2.82. The van der Waals surface area contributed by atoms with Crippen molar-refractivity contribution in [1.29, 1.82) is 0 Å². The standard InChI is InChI=1S/C19H20FN3O/c1-23(2)15-8-6-13(7-9-15)19(24)21-11-10-14-12-22-18-16(14)4-3-5-17(18)20/h3-9,12,22H,10-11H2,1-2H3,(H,21,24). The van der Waals surface area contributed by atoms with Crippen molar-refractivity contribution < 1.29 is 9.18 Å². The van der Waals surface area contributed by atoms with Gasteiger partial charge in [-0.3, -0.25) is 4.79 Å². The summed E-state index contributed by atoms with van der Waals surface area (Å²) in [6.45, 7) is 0.498. The number of hydrogen-bond acceptors (Lipinski definition) is 2. The van der Waals surface area contributed by atoms with Crippen molar-refractivity contribution in [2.24, 2.45) is 0 Å². The minimum atomic E-state index is -0.260. The number of fused-ring (bicyclic) bond motifs is 1. The van der Waals surface area contributed by atoms with E-state index in [0.717, 1.165) is 16.6 Å². The number of carbonyl (C=O) groups excluding carboxylic acids is 1. The van der Waals surface area contributed by atoms with Crippen molar-refractivity contribution in [3.05, 3.63) is 65.6 Å². The van der Waals surface area contributed by atoms with Gasteiger partial charge in [-0.1, -0.05) is 12.1 Å². The van der Waals surface area contributed by atoms with Crippen LogP contribution in [-0.2, 0) is 6.42 Å². The van der Waals surface area contributed by atoms with Crippen LogP contribution in [0.2, 0.25) is 0 Å². The number of aromatic amines is 1. The smallest absolute Gasteiger partial charge is 0.251 e. The van der Waals surface area contributed by atoms with Crippen molar-refractivity contribution in [1.82, 2.24) is 10.3 Å². The SMILES string of the molecule is CN(C)c1ccc(C(=O)NCCc2c[nH]c3c(F)cccc23)cc1. The molecule has 1 amide bonds. The number of benzene rings is 2. The highest BCUT2D eigenvalue weighted by molar-refractivity contribution is 5.94. The molecule has 0 radical (unpaired) electrons. The van der Waals surface area contributed by atoms with Crippen LogP contribution in [0.4, 0.5) is 10.1 Å². The molecule has 2 aromatic carbocycles. The van der Waals surface area contributed by atoms with Crippen LogP contribution in [0.25, 0.3) is 10.9 Å². The number of aromatic nitrogens is 1. The summed E-state index contributed by atoms with van der Waals surface area (Å²) in [6.07, 6.45) is 2.44. The number of hydrogen-bond donors (Lipinski definition) is 2. The van der Waals surface area contributed by atoms with Crippen LogP contribution >= 0.6 is 0 Å². The van der Waals surface area contributed by atoms with Crippen LogP contribution in [0, 0.1) is 5.82 Å². The Morgan fingerprint density at radius 2 is 1.92 bits per heavy atom. The molecule has 1 aromatic heterocycles. The van der Waals surface area contributed by atoms with E-state index in [2.05, 4.69) is 10.3 Å². The number of nitrogens with one attached hydrogen (secondary N) is 2. The number of H-pyrrole nitrogens is 1. The second-order valence-corrected chi connectivity index (χ2v) is 5.92. The fourth-order valence-electron chi connectivity index (χ4n) is 2.71. The maximum atomic E-state index is 13.7. The Kier molecular flexibility index (Phi) is 4.51. The molecule has 24 heavy (non-hydrogen) atoms. The van der Waals surface area contributed by atoms with Crippen LogP contribution in [-0.4, -0.2) is 31.5 Å². The molecule has 0 saturated heterocycles. The Balaban J connectivity index is 1.61. The van der Waals surface area contributed by atoms with Gasteiger partial charge in [-0.25, -0.2) is 4.39 Å². The van der Waals surface area contributed by atoms with E-state index in [1.165, 1.54) is 6.07 Å². The van der Waals surface area contributed by atoms with E-state index in [1.807, 2.05) is 49.3 Å². The molecule has 0 fully saturated rings. The van der Waals surface area contributed by atoms with E-state index in [4.69, 9.17) is 0 Å². The number of carbonyl (C=O) groups is 1. The lowest BCUT2D eigenvalue weighted by molar-refractivity contribution is 0.0954. The summed E-state index contributed by atoms with van der Waals surface area (Å²) < 4.78 is 13.7. The highest BCUT2D eigenvalue weighted by Crippen LogP contribution is 2.20. The molecular formula is C19H20FN3O. The zero-order valence-electron chi connectivity index (χ0n) is 13.8. The van der Waals surface area contributed by atoms with Gasteiger partial charge in [-0.2, -0.15) is 0 Å². The summed E-state index contributed by atoms with van der Waals surface area (Å²) >= 11 is 0. The minimum Gasteiger partial charge on any atom is -0.378 e. The summed E-state index contributed by atoms with van der Waals surface area (Å²) in [5, 5.41) is 3.77. The lowest BCUT2D eigenvalue weighted by atomic mass is 10.1. The first-order valence-corrected chi connectivity index (χ1v) is 7.86. The largest absolute Gasteiger partial charge is 0.378 e. The van der Waals surface area contributed by atoms with Crippen LogP contribution < -0.4 is 10.2 Å². The van der Waals surface area contributed by atoms with E-state index >= 15 is 0 Å². The second-order valence-electron chi connectivity index (χ2n) is 5.92. The third-order valence-electron chi connectivity index (χ3n) is 4.08. The Morgan fingerprint density at radius 1 is 1.17 bits per heavy atom. The Labute approximate surface area is 140 Å². The van der Waals surface area contributed by atoms with Crippen molar-refractivity contribution >= 4 is 22.5 Å². The molecule has 3 rings (SSSR count). The molecule has 0 aliphatic rings. The van der Waals surface area contributed by atoms with Gasteiger partial charge in [-0.15, -0.1) is 0 Å². The Morgan fingerprint density at radius 3 is 2.62 bits per heavy atom. The van der Waals surface area contributed by atoms with Gasteiger partial charge in [-0.05, 0) is 42.3 Å². The van der Waals surface area contributed by atoms with Gasteiger partial charge >= 0.3 is 0 Å². The van der Waals surface area contributed by atoms with E-state index < -0.39 is 0 Å². The first kappa shape index (κ1) is 16.1. The molecule has 0 bridgehead atoms. The van der Waals surface area contributed by atoms with Gasteiger partial charge in [0.25, 0.3) is 5.91 Å². The molecular weight excluding hydrogens is 305 g/mol. The van der Waals surface area contributed by atoms with Gasteiger partial charge in [0, 0.05) is 43.5 Å². The third-order valence-corrected chi connectivity index (χ3v) is 4.08. The van der Waals surface area contributed by atoms with Crippen molar-refractivity contribution in [3.8, 4) is 0 Å². The van der Waals surface area contributed by atoms with Gasteiger partial charge in [0.1, 0.15) is 5.82 Å². The maximum absolute atomic E-state index is 13.7. The molecule has 4 nitrogen and oxygen atoms in total. The molecule has 0 aliphatic carbocycles. The van der Waals surface area contributed by atoms with E-state index in [9.17, 15) is 9.18 Å². The monoisotopic (exact) mass is 325 g/mol. The highest BCUT2D eigenvalue weighted by atomic mass is 19.1. The molecule has 124 valence electrons. The molecule has 0 atom stereocenters. The molecule has 0 unspecified atom stereocenters. The Bertz CT molecular complexity index is 853. The van der Waals surface area contributed by atoms with E-state index in [-0.39, 0.29) is 11.7 Å². The third kappa shape index (κ3) is 3.25. The zero-order valence-corrected chi connectivity index (χ0v) is 13.8. The zero-order chi connectivity index (χ0) is 17.1. The highest BCUT2D eigenvalue weighted by Gasteiger charge is 2.09. The summed E-state index contributed by atoms with van der Waals surface area (Å²) in [6, 6.07) is 12.5. The number of halogens is 1. The number of amides is 1. The number of para-hydroxylation sites is 1. The summed E-state index contributed by atoms with van der Waals surface area (Å²) in [4.78, 5) is 17.1. The van der Waals surface area contributed by atoms with E-state index in [1.54, 1.807) is 12.3 Å². The van der Waals surface area contributed by atoms with Crippen molar-refractivity contribution in [3.63, 3.8) is 0 Å². The lowest BCUT2D eigenvalue weighted by Gasteiger charge is -2.12. The normalized spacial score (nSPS) is 10.8. The average molecular weight is 325 g/mol. The summed E-state index contributed by atoms with van der Waals surface area (Å²) in [7, 11) is 3.91. The molecule has 0 spiro atoms. The molecule has 2 N–H and O–H groups in total. The molecule has 3 aromatic rings. The first-order valence-electron chi connectivity index (χ1n) is 7.86. The molecule has 1 heterocycles. The van der Waals surface area contributed by atoms with Gasteiger partial charge in [0.15, 0.2) is 0 Å². The van der Waals surface area contributed by atoms with Gasteiger partial charge in [0.05, 0.1) is 5.52 Å². The van der Waals surface area contributed by atoms with Gasteiger partial charge in [0.2, 0.25) is 0 Å². The lowest BCUT2D eigenvalue weighted by Crippen LogP contribution is -2.25. The number of nitrogens with zero attached hydrogens (tertiary/aromatic N) is 1. The van der Waals surface area contributed by atoms with E-state index in [0.29, 0.717) is 24.0 Å². The second kappa shape index (κ2) is 6.74. The average Bonchev–Trinajstić information content (AvgIpc) is 2.99. The predicted molar refractivity (Wildman–Crippen MR) is 95.1 cm³/mol. The fourth-order valence-corrected chi connectivity index (χ4v) is 2.71. The summed E-state index contributed by atoms with van der Waals surface area (Å²) in [5.41, 5.74) is 3.18. The number of anilines is 1. The molecule has 0 saturated carbocycles. The fraction of sp³-hybridized carbons (Fsp3) is 0.211. The molecule has 0 aliphatic heterocycles. The maximum Gasteiger partial charge on any atom is 0.251 e. The van der Waals surface area contributed by atoms with Crippen molar-refractivity contribution in [2.75, 3.05) is 25.5 Å². The predicted octanol–water partition coefficient (Wildman–Crippen LogP) is 3.35.